The summed E-state index contributed by atoms with van der Waals surface area (Å²) in [5, 5.41) is 0. The maximum atomic E-state index is 13.4. The molecule has 1 rings (SSSR count). The molecule has 0 aliphatic carbocycles. The van der Waals surface area contributed by atoms with Gasteiger partial charge in [0, 0.05) is 18.8 Å². The highest BCUT2D eigenvalue weighted by atomic mass is 19.4. The zero-order valence-corrected chi connectivity index (χ0v) is 22.7. The van der Waals surface area contributed by atoms with Crippen LogP contribution in [0, 0.1) is 11.7 Å². The summed E-state index contributed by atoms with van der Waals surface area (Å²) < 4.78 is 52.0. The van der Waals surface area contributed by atoms with E-state index in [1.54, 1.807) is 19.2 Å². The van der Waals surface area contributed by atoms with Crippen LogP contribution >= 0.6 is 0 Å². The Morgan fingerprint density at radius 1 is 1.12 bits per heavy atom. The number of halogens is 4. The Morgan fingerprint density at radius 2 is 1.65 bits per heavy atom. The molecule has 0 unspecified atom stereocenters. The predicted octanol–water partition coefficient (Wildman–Crippen LogP) is 9.71. The van der Waals surface area contributed by atoms with Crippen LogP contribution in [0.3, 0.4) is 0 Å². The summed E-state index contributed by atoms with van der Waals surface area (Å²) in [5.41, 5.74) is -0.0883. The van der Waals surface area contributed by atoms with E-state index >= 15 is 0 Å². The third-order valence-electron chi connectivity index (χ3n) is 4.46. The van der Waals surface area contributed by atoms with E-state index in [4.69, 9.17) is 0 Å². The third-order valence-corrected chi connectivity index (χ3v) is 4.46. The van der Waals surface area contributed by atoms with Crippen LogP contribution in [0.1, 0.15) is 92.2 Å². The number of nitrogens with zero attached hydrogens (tertiary/aromatic N) is 2. The standard InChI is InChI=1S/C18H24F4N2.C5H12.C3H6.C2H6/c1-4-6-7-10-24(14(3)12-23-5-2)13-15-8-9-17(19)16(11-15)18(20,21)22;1-4-5(2)3;1-3-2;1-2/h5,8-9,11H,3-4,6-7,10,12-13H2,1-2H3;5H,4H2,1-3H3;3H,1H2,2H3;1-2H3. The van der Waals surface area contributed by atoms with E-state index in [2.05, 4.69) is 45.8 Å². The van der Waals surface area contributed by atoms with E-state index in [0.29, 0.717) is 18.7 Å². The molecule has 0 aliphatic rings. The maximum Gasteiger partial charge on any atom is 0.419 e. The zero-order chi connectivity index (χ0) is 27.2. The Balaban J connectivity index is -0.000000816. The van der Waals surface area contributed by atoms with Crippen LogP contribution in [-0.4, -0.2) is 24.2 Å². The van der Waals surface area contributed by atoms with Crippen molar-refractivity contribution in [3.05, 3.63) is 60.1 Å². The molecule has 0 aromatic heterocycles. The molecule has 0 spiro atoms. The molecule has 0 amide bonds. The van der Waals surface area contributed by atoms with Gasteiger partial charge in [-0.05, 0) is 50.1 Å². The Hall–Kier alpha value is -2.11. The monoisotopic (exact) mass is 488 g/mol. The number of aliphatic imine (C=N–C) groups is 1. The molecule has 0 bridgehead atoms. The summed E-state index contributed by atoms with van der Waals surface area (Å²) in [7, 11) is 0. The minimum atomic E-state index is -4.70. The van der Waals surface area contributed by atoms with Gasteiger partial charge in [0.05, 0.1) is 12.1 Å². The molecule has 1 aromatic carbocycles. The lowest BCUT2D eigenvalue weighted by Crippen LogP contribution is -2.25. The van der Waals surface area contributed by atoms with Gasteiger partial charge in [-0.3, -0.25) is 4.99 Å². The molecule has 0 fully saturated rings. The molecule has 1 aromatic rings. The van der Waals surface area contributed by atoms with Crippen molar-refractivity contribution < 1.29 is 17.6 Å². The molecule has 0 radical (unpaired) electrons. The van der Waals surface area contributed by atoms with Crippen LogP contribution in [-0.2, 0) is 12.7 Å². The minimum Gasteiger partial charge on any atom is -0.369 e. The molecule has 0 saturated carbocycles. The van der Waals surface area contributed by atoms with Crippen molar-refractivity contribution in [3.63, 3.8) is 0 Å². The van der Waals surface area contributed by atoms with Crippen molar-refractivity contribution in [2.75, 3.05) is 13.1 Å². The second-order valence-electron chi connectivity index (χ2n) is 7.82. The second-order valence-corrected chi connectivity index (χ2v) is 7.82. The van der Waals surface area contributed by atoms with Gasteiger partial charge < -0.3 is 4.90 Å². The fourth-order valence-electron chi connectivity index (χ4n) is 2.31. The summed E-state index contributed by atoms with van der Waals surface area (Å²) in [6.07, 6.45) is 3.00. The first-order chi connectivity index (χ1) is 16.0. The van der Waals surface area contributed by atoms with E-state index in [1.807, 2.05) is 25.7 Å². The maximum absolute atomic E-state index is 13.4. The SMILES string of the molecule is C=C(CN=CC)N(CCCCC)Cc1ccc(F)c(C(F)(F)F)c1.C=CC.CC.CCC(C)C. The summed E-state index contributed by atoms with van der Waals surface area (Å²) >= 11 is 0. The number of hydrogen-bond donors (Lipinski definition) is 0. The van der Waals surface area contributed by atoms with E-state index in [-0.39, 0.29) is 6.54 Å². The highest BCUT2D eigenvalue weighted by Crippen LogP contribution is 2.32. The van der Waals surface area contributed by atoms with Gasteiger partial charge in [-0.15, -0.1) is 6.58 Å². The highest BCUT2D eigenvalue weighted by molar-refractivity contribution is 5.53. The van der Waals surface area contributed by atoms with Gasteiger partial charge in [-0.1, -0.05) is 79.5 Å². The van der Waals surface area contributed by atoms with Crippen LogP contribution in [0.5, 0.6) is 0 Å². The first kappa shape index (κ1) is 36.5. The van der Waals surface area contributed by atoms with Crippen molar-refractivity contribution >= 4 is 6.21 Å². The number of alkyl halides is 3. The van der Waals surface area contributed by atoms with Crippen LogP contribution in [0.2, 0.25) is 0 Å². The van der Waals surface area contributed by atoms with Gasteiger partial charge in [-0.2, -0.15) is 13.2 Å². The number of benzene rings is 1. The molecular formula is C28H48F4N2. The molecule has 0 heterocycles. The van der Waals surface area contributed by atoms with Gasteiger partial charge in [0.25, 0.3) is 0 Å². The van der Waals surface area contributed by atoms with Crippen molar-refractivity contribution in [2.24, 2.45) is 10.9 Å². The van der Waals surface area contributed by atoms with Gasteiger partial charge in [-0.25, -0.2) is 4.39 Å². The molecule has 198 valence electrons. The minimum absolute atomic E-state index is 0.255. The topological polar surface area (TPSA) is 15.6 Å². The van der Waals surface area contributed by atoms with E-state index in [0.717, 1.165) is 43.0 Å². The lowest BCUT2D eigenvalue weighted by molar-refractivity contribution is -0.140. The van der Waals surface area contributed by atoms with Crippen LogP contribution in [0.15, 0.2) is 48.1 Å². The third kappa shape index (κ3) is 19.4. The van der Waals surface area contributed by atoms with E-state index in [9.17, 15) is 17.6 Å². The number of rotatable bonds is 10. The molecule has 2 nitrogen and oxygen atoms in total. The Bertz CT molecular complexity index is 665. The molecule has 0 N–H and O–H groups in total. The van der Waals surface area contributed by atoms with Crippen LogP contribution in [0.25, 0.3) is 0 Å². The van der Waals surface area contributed by atoms with Crippen LogP contribution in [0.4, 0.5) is 17.6 Å². The molecule has 0 saturated heterocycles. The fraction of sp³-hybridized carbons (Fsp3) is 0.607. The average Bonchev–Trinajstić information content (AvgIpc) is 2.79. The van der Waals surface area contributed by atoms with Gasteiger partial charge in [0.2, 0.25) is 0 Å². The first-order valence-electron chi connectivity index (χ1n) is 12.3. The number of hydrogen-bond acceptors (Lipinski definition) is 2. The number of allylic oxidation sites excluding steroid dienone is 1. The largest absolute Gasteiger partial charge is 0.419 e. The van der Waals surface area contributed by atoms with Crippen molar-refractivity contribution in [2.45, 2.75) is 93.8 Å². The Kier molecular flexibility index (Phi) is 24.3. The zero-order valence-electron chi connectivity index (χ0n) is 22.7. The average molecular weight is 489 g/mol. The highest BCUT2D eigenvalue weighted by Gasteiger charge is 2.34. The fourth-order valence-corrected chi connectivity index (χ4v) is 2.31. The lowest BCUT2D eigenvalue weighted by Gasteiger charge is -2.26. The smallest absolute Gasteiger partial charge is 0.369 e. The van der Waals surface area contributed by atoms with Crippen molar-refractivity contribution in [1.82, 2.24) is 4.90 Å². The molecule has 0 atom stereocenters. The van der Waals surface area contributed by atoms with E-state index in [1.165, 1.54) is 12.5 Å². The summed E-state index contributed by atoms with van der Waals surface area (Å²) in [4.78, 5) is 6.04. The van der Waals surface area contributed by atoms with Crippen LogP contribution < -0.4 is 0 Å². The quantitative estimate of drug-likeness (QED) is 0.138. The summed E-state index contributed by atoms with van der Waals surface area (Å²) in [6.45, 7) is 25.1. The second kappa shape index (κ2) is 22.7. The Labute approximate surface area is 206 Å². The first-order valence-corrected chi connectivity index (χ1v) is 12.3. The molecular weight excluding hydrogens is 440 g/mol. The Morgan fingerprint density at radius 3 is 2.06 bits per heavy atom. The van der Waals surface area contributed by atoms with Crippen molar-refractivity contribution in [3.8, 4) is 0 Å². The number of unbranched alkanes of at least 4 members (excludes halogenated alkanes) is 2. The normalized spacial score (nSPS) is 10.4. The molecule has 34 heavy (non-hydrogen) atoms. The van der Waals surface area contributed by atoms with Gasteiger partial charge in [0.1, 0.15) is 5.82 Å². The van der Waals surface area contributed by atoms with Gasteiger partial charge in [0.15, 0.2) is 0 Å². The van der Waals surface area contributed by atoms with Gasteiger partial charge >= 0.3 is 6.18 Å². The van der Waals surface area contributed by atoms with Crippen molar-refractivity contribution in [1.29, 1.82) is 0 Å². The lowest BCUT2D eigenvalue weighted by atomic mass is 10.1. The summed E-state index contributed by atoms with van der Waals surface area (Å²) in [5.74, 6) is -0.367. The van der Waals surface area contributed by atoms with E-state index < -0.39 is 17.6 Å². The molecule has 0 aliphatic heterocycles. The molecule has 6 heteroatoms. The summed E-state index contributed by atoms with van der Waals surface area (Å²) in [6, 6.07) is 3.13. The predicted molar refractivity (Wildman–Crippen MR) is 142 cm³/mol.